The summed E-state index contributed by atoms with van der Waals surface area (Å²) in [5.74, 6) is 1.07. The summed E-state index contributed by atoms with van der Waals surface area (Å²) in [4.78, 5) is 21.3. The van der Waals surface area contributed by atoms with Crippen LogP contribution in [-0.2, 0) is 0 Å². The Kier molecular flexibility index (Phi) is 8.56. The van der Waals surface area contributed by atoms with Gasteiger partial charge in [0.25, 0.3) is 5.91 Å². The molecule has 0 radical (unpaired) electrons. The van der Waals surface area contributed by atoms with E-state index in [-0.39, 0.29) is 5.91 Å². The molecule has 0 bridgehead atoms. The van der Waals surface area contributed by atoms with Gasteiger partial charge >= 0.3 is 0 Å². The maximum atomic E-state index is 12.5. The van der Waals surface area contributed by atoms with E-state index in [9.17, 15) is 4.79 Å². The van der Waals surface area contributed by atoms with Crippen LogP contribution in [0.5, 0.6) is 0 Å². The van der Waals surface area contributed by atoms with Gasteiger partial charge in [-0.15, -0.1) is 0 Å². The number of hydrogen-bond donors (Lipinski definition) is 0. The number of rotatable bonds is 10. The molecule has 0 aromatic carbocycles. The summed E-state index contributed by atoms with van der Waals surface area (Å²) in [7, 11) is 0. The fourth-order valence-electron chi connectivity index (χ4n) is 2.62. The number of hydrogen-bond acceptors (Lipinski definition) is 3. The predicted octanol–water partition coefficient (Wildman–Crippen LogP) is 3.97. The highest BCUT2D eigenvalue weighted by molar-refractivity contribution is 5.94. The third kappa shape index (κ3) is 5.32. The van der Waals surface area contributed by atoms with E-state index >= 15 is 0 Å². The summed E-state index contributed by atoms with van der Waals surface area (Å²) in [6.07, 6.45) is 5.90. The normalized spacial score (nSPS) is 10.5. The van der Waals surface area contributed by atoms with Crippen molar-refractivity contribution in [3.05, 3.63) is 23.9 Å². The van der Waals surface area contributed by atoms with Crippen molar-refractivity contribution in [1.82, 2.24) is 9.88 Å². The molecule has 22 heavy (non-hydrogen) atoms. The number of pyridine rings is 1. The fourth-order valence-corrected chi connectivity index (χ4v) is 2.62. The Morgan fingerprint density at radius 3 is 1.86 bits per heavy atom. The second-order valence-corrected chi connectivity index (χ2v) is 5.68. The van der Waals surface area contributed by atoms with Gasteiger partial charge in [-0.3, -0.25) is 4.79 Å². The first-order valence-electron chi connectivity index (χ1n) is 8.68. The van der Waals surface area contributed by atoms with Crippen LogP contribution in [0.4, 0.5) is 5.82 Å². The van der Waals surface area contributed by atoms with Crippen molar-refractivity contribution in [2.75, 3.05) is 31.1 Å². The molecule has 1 heterocycles. The first kappa shape index (κ1) is 18.5. The molecule has 0 aliphatic rings. The van der Waals surface area contributed by atoms with Crippen LogP contribution >= 0.6 is 0 Å². The minimum atomic E-state index is 0.0975. The molecular formula is C18H31N3O. The standard InChI is InChI=1S/C18H31N3O/c1-5-11-20(12-6-2)17-10-9-16(15-19-17)18(22)21(13-7-3)14-8-4/h9-10,15H,5-8,11-14H2,1-4H3. The van der Waals surface area contributed by atoms with Crippen LogP contribution in [0.3, 0.4) is 0 Å². The summed E-state index contributed by atoms with van der Waals surface area (Å²) in [5.41, 5.74) is 0.693. The molecule has 0 unspecified atom stereocenters. The average Bonchev–Trinajstić information content (AvgIpc) is 2.54. The van der Waals surface area contributed by atoms with Crippen LogP contribution in [-0.4, -0.2) is 42.0 Å². The van der Waals surface area contributed by atoms with Crippen molar-refractivity contribution in [3.8, 4) is 0 Å². The molecule has 124 valence electrons. The Bertz CT molecular complexity index is 418. The van der Waals surface area contributed by atoms with Gasteiger partial charge in [-0.2, -0.15) is 0 Å². The second kappa shape index (κ2) is 10.2. The third-order valence-electron chi connectivity index (χ3n) is 3.58. The van der Waals surface area contributed by atoms with Gasteiger partial charge in [-0.25, -0.2) is 4.98 Å². The SMILES string of the molecule is CCCN(CCC)C(=O)c1ccc(N(CCC)CCC)nc1. The van der Waals surface area contributed by atoms with E-state index in [2.05, 4.69) is 37.6 Å². The van der Waals surface area contributed by atoms with E-state index in [0.29, 0.717) is 5.56 Å². The number of carbonyl (C=O) groups excluding carboxylic acids is 1. The van der Waals surface area contributed by atoms with Crippen LogP contribution in [0.25, 0.3) is 0 Å². The smallest absolute Gasteiger partial charge is 0.255 e. The van der Waals surface area contributed by atoms with Crippen molar-refractivity contribution in [2.24, 2.45) is 0 Å². The Balaban J connectivity index is 2.83. The largest absolute Gasteiger partial charge is 0.357 e. The lowest BCUT2D eigenvalue weighted by Gasteiger charge is -2.24. The summed E-state index contributed by atoms with van der Waals surface area (Å²) >= 11 is 0. The third-order valence-corrected chi connectivity index (χ3v) is 3.58. The number of anilines is 1. The van der Waals surface area contributed by atoms with Crippen molar-refractivity contribution in [1.29, 1.82) is 0 Å². The highest BCUT2D eigenvalue weighted by atomic mass is 16.2. The van der Waals surface area contributed by atoms with Gasteiger partial charge in [0.1, 0.15) is 5.82 Å². The van der Waals surface area contributed by atoms with Crippen LogP contribution in [0.1, 0.15) is 63.7 Å². The Labute approximate surface area is 135 Å². The van der Waals surface area contributed by atoms with Crippen molar-refractivity contribution >= 4 is 11.7 Å². The molecule has 0 aliphatic carbocycles. The molecule has 1 aromatic heterocycles. The lowest BCUT2D eigenvalue weighted by atomic mass is 10.2. The molecule has 1 amide bonds. The van der Waals surface area contributed by atoms with E-state index in [4.69, 9.17) is 0 Å². The van der Waals surface area contributed by atoms with Crippen LogP contribution in [0.15, 0.2) is 18.3 Å². The quantitative estimate of drug-likeness (QED) is 0.656. The van der Waals surface area contributed by atoms with Gasteiger partial charge < -0.3 is 9.80 Å². The predicted molar refractivity (Wildman–Crippen MR) is 93.5 cm³/mol. The molecule has 0 atom stereocenters. The summed E-state index contributed by atoms with van der Waals surface area (Å²) < 4.78 is 0. The summed E-state index contributed by atoms with van der Waals surface area (Å²) in [5, 5.41) is 0. The Morgan fingerprint density at radius 2 is 1.45 bits per heavy atom. The molecule has 4 heteroatoms. The van der Waals surface area contributed by atoms with Crippen LogP contribution in [0.2, 0.25) is 0 Å². The Morgan fingerprint density at radius 1 is 0.909 bits per heavy atom. The lowest BCUT2D eigenvalue weighted by molar-refractivity contribution is 0.0755. The number of aromatic nitrogens is 1. The monoisotopic (exact) mass is 305 g/mol. The molecular weight excluding hydrogens is 274 g/mol. The van der Waals surface area contributed by atoms with Crippen molar-refractivity contribution in [2.45, 2.75) is 53.4 Å². The fraction of sp³-hybridized carbons (Fsp3) is 0.667. The maximum Gasteiger partial charge on any atom is 0.255 e. The van der Waals surface area contributed by atoms with Crippen LogP contribution < -0.4 is 4.90 Å². The second-order valence-electron chi connectivity index (χ2n) is 5.68. The zero-order valence-corrected chi connectivity index (χ0v) is 14.6. The highest BCUT2D eigenvalue weighted by Gasteiger charge is 2.15. The van der Waals surface area contributed by atoms with Gasteiger partial charge in [0, 0.05) is 32.4 Å². The molecule has 0 saturated carbocycles. The first-order chi connectivity index (χ1) is 10.7. The maximum absolute atomic E-state index is 12.5. The topological polar surface area (TPSA) is 36.4 Å². The number of carbonyl (C=O) groups is 1. The van der Waals surface area contributed by atoms with Crippen molar-refractivity contribution < 1.29 is 4.79 Å². The number of amides is 1. The van der Waals surface area contributed by atoms with Gasteiger partial charge in [0.15, 0.2) is 0 Å². The van der Waals surface area contributed by atoms with E-state index in [1.54, 1.807) is 6.20 Å². The van der Waals surface area contributed by atoms with Gasteiger partial charge in [0.05, 0.1) is 5.56 Å². The van der Waals surface area contributed by atoms with Crippen molar-refractivity contribution in [3.63, 3.8) is 0 Å². The Hall–Kier alpha value is -1.58. The van der Waals surface area contributed by atoms with Gasteiger partial charge in [-0.05, 0) is 37.8 Å². The average molecular weight is 305 g/mol. The minimum absolute atomic E-state index is 0.0975. The van der Waals surface area contributed by atoms with Gasteiger partial charge in [0.2, 0.25) is 0 Å². The number of nitrogens with zero attached hydrogens (tertiary/aromatic N) is 3. The highest BCUT2D eigenvalue weighted by Crippen LogP contribution is 2.14. The lowest BCUT2D eigenvalue weighted by Crippen LogP contribution is -2.32. The van der Waals surface area contributed by atoms with Gasteiger partial charge in [-0.1, -0.05) is 27.7 Å². The summed E-state index contributed by atoms with van der Waals surface area (Å²) in [6, 6.07) is 3.90. The van der Waals surface area contributed by atoms with E-state index in [1.165, 1.54) is 0 Å². The molecule has 1 aromatic rings. The van der Waals surface area contributed by atoms with Crippen LogP contribution in [0, 0.1) is 0 Å². The minimum Gasteiger partial charge on any atom is -0.357 e. The molecule has 0 saturated heterocycles. The first-order valence-corrected chi connectivity index (χ1v) is 8.68. The molecule has 1 rings (SSSR count). The van der Waals surface area contributed by atoms with E-state index in [1.807, 2.05) is 17.0 Å². The zero-order valence-electron chi connectivity index (χ0n) is 14.6. The molecule has 4 nitrogen and oxygen atoms in total. The van der Waals surface area contributed by atoms with E-state index < -0.39 is 0 Å². The van der Waals surface area contributed by atoms with E-state index in [0.717, 1.165) is 57.7 Å². The molecule has 0 aliphatic heterocycles. The molecule has 0 fully saturated rings. The molecule has 0 spiro atoms. The zero-order chi connectivity index (χ0) is 16.4. The molecule has 0 N–H and O–H groups in total. The summed E-state index contributed by atoms with van der Waals surface area (Å²) in [6.45, 7) is 12.2.